The van der Waals surface area contributed by atoms with Crippen LogP contribution in [0, 0.1) is 6.92 Å². The van der Waals surface area contributed by atoms with Crippen molar-refractivity contribution in [3.63, 3.8) is 0 Å². The molecule has 0 amide bonds. The molecule has 0 atom stereocenters. The predicted octanol–water partition coefficient (Wildman–Crippen LogP) is 2.46. The van der Waals surface area contributed by atoms with Crippen LogP contribution in [0.4, 0.5) is 0 Å². The van der Waals surface area contributed by atoms with Gasteiger partial charge in [0.25, 0.3) is 0 Å². The van der Waals surface area contributed by atoms with E-state index in [4.69, 9.17) is 4.42 Å². The van der Waals surface area contributed by atoms with Crippen LogP contribution in [-0.2, 0) is 0 Å². The molecule has 0 aliphatic rings. The molecule has 0 saturated heterocycles. The lowest BCUT2D eigenvalue weighted by atomic mass is 10.2. The lowest BCUT2D eigenvalue weighted by Gasteiger charge is -1.98. The van der Waals surface area contributed by atoms with Crippen LogP contribution < -0.4 is 0 Å². The second-order valence-electron chi connectivity index (χ2n) is 2.99. The summed E-state index contributed by atoms with van der Waals surface area (Å²) in [5, 5.41) is 0. The van der Waals surface area contributed by atoms with Gasteiger partial charge in [-0.2, -0.15) is 0 Å². The maximum Gasteiger partial charge on any atom is 0.185 e. The zero-order valence-corrected chi connectivity index (χ0v) is 7.73. The van der Waals surface area contributed by atoms with Crippen LogP contribution in [0.15, 0.2) is 34.9 Å². The summed E-state index contributed by atoms with van der Waals surface area (Å²) in [7, 11) is 0. The van der Waals surface area contributed by atoms with Crippen LogP contribution in [0.3, 0.4) is 0 Å². The number of nitrogens with zero attached hydrogens (tertiary/aromatic N) is 1. The number of aryl methyl sites for hydroxylation is 1. The highest BCUT2D eigenvalue weighted by Gasteiger charge is 2.07. The maximum atomic E-state index is 10.4. The summed E-state index contributed by atoms with van der Waals surface area (Å²) < 4.78 is 5.27. The molecule has 0 aliphatic carbocycles. The first-order valence-corrected chi connectivity index (χ1v) is 4.28. The van der Waals surface area contributed by atoms with E-state index >= 15 is 0 Å². The van der Waals surface area contributed by atoms with Crippen molar-refractivity contribution in [1.29, 1.82) is 0 Å². The first-order chi connectivity index (χ1) is 6.81. The molecule has 2 heterocycles. The van der Waals surface area contributed by atoms with E-state index in [0.717, 1.165) is 11.3 Å². The topological polar surface area (TPSA) is 43.1 Å². The molecule has 14 heavy (non-hydrogen) atoms. The number of hydrogen-bond donors (Lipinski definition) is 0. The number of aldehydes is 1. The van der Waals surface area contributed by atoms with Gasteiger partial charge in [0, 0.05) is 6.20 Å². The van der Waals surface area contributed by atoms with Gasteiger partial charge in [-0.25, -0.2) is 0 Å². The van der Waals surface area contributed by atoms with E-state index in [1.165, 1.54) is 0 Å². The standard InChI is InChI=1S/C11H9NO2/c1-8-3-2-6-12-11(8)10-5-4-9(7-13)14-10/h2-7H,1H3. The zero-order chi connectivity index (χ0) is 9.97. The van der Waals surface area contributed by atoms with Crippen molar-refractivity contribution in [3.05, 3.63) is 41.8 Å². The maximum absolute atomic E-state index is 10.4. The van der Waals surface area contributed by atoms with Gasteiger partial charge in [0.05, 0.1) is 0 Å². The van der Waals surface area contributed by atoms with Gasteiger partial charge in [-0.15, -0.1) is 0 Å². The smallest absolute Gasteiger partial charge is 0.185 e. The van der Waals surface area contributed by atoms with Crippen molar-refractivity contribution in [2.24, 2.45) is 0 Å². The highest BCUT2D eigenvalue weighted by atomic mass is 16.3. The third-order valence-electron chi connectivity index (χ3n) is 1.99. The molecule has 3 heteroatoms. The average molecular weight is 187 g/mol. The minimum Gasteiger partial charge on any atom is -0.452 e. The normalized spacial score (nSPS) is 10.1. The van der Waals surface area contributed by atoms with E-state index in [2.05, 4.69) is 4.98 Å². The van der Waals surface area contributed by atoms with Crippen LogP contribution in [0.2, 0.25) is 0 Å². The average Bonchev–Trinajstić information content (AvgIpc) is 2.67. The molecule has 2 aromatic rings. The van der Waals surface area contributed by atoms with E-state index < -0.39 is 0 Å². The molecule has 2 rings (SSSR count). The zero-order valence-electron chi connectivity index (χ0n) is 7.73. The van der Waals surface area contributed by atoms with Crippen molar-refractivity contribution in [3.8, 4) is 11.5 Å². The Morgan fingerprint density at radius 3 is 2.86 bits per heavy atom. The predicted molar refractivity (Wildman–Crippen MR) is 52.1 cm³/mol. The first kappa shape index (κ1) is 8.69. The summed E-state index contributed by atoms with van der Waals surface area (Å²) in [4.78, 5) is 14.6. The van der Waals surface area contributed by atoms with Crippen molar-refractivity contribution >= 4 is 6.29 Å². The molecular weight excluding hydrogens is 178 g/mol. The second kappa shape index (κ2) is 3.46. The SMILES string of the molecule is Cc1cccnc1-c1ccc(C=O)o1. The lowest BCUT2D eigenvalue weighted by molar-refractivity contribution is 0.110. The Labute approximate surface area is 81.4 Å². The van der Waals surface area contributed by atoms with Gasteiger partial charge >= 0.3 is 0 Å². The Hall–Kier alpha value is -1.90. The summed E-state index contributed by atoms with van der Waals surface area (Å²) >= 11 is 0. The monoisotopic (exact) mass is 187 g/mol. The molecular formula is C11H9NO2. The Balaban J connectivity index is 2.49. The van der Waals surface area contributed by atoms with Gasteiger partial charge in [0.2, 0.25) is 0 Å². The van der Waals surface area contributed by atoms with E-state index in [0.29, 0.717) is 17.8 Å². The van der Waals surface area contributed by atoms with Crippen LogP contribution in [0.5, 0.6) is 0 Å². The molecule has 70 valence electrons. The minimum atomic E-state index is 0.324. The number of carbonyl (C=O) groups excluding carboxylic acids is 1. The Morgan fingerprint density at radius 2 is 2.21 bits per heavy atom. The molecule has 0 N–H and O–H groups in total. The number of carbonyl (C=O) groups is 1. The summed E-state index contributed by atoms with van der Waals surface area (Å²) in [6, 6.07) is 7.20. The number of hydrogen-bond acceptors (Lipinski definition) is 3. The molecule has 0 saturated carbocycles. The van der Waals surface area contributed by atoms with Crippen LogP contribution in [0.1, 0.15) is 16.1 Å². The summed E-state index contributed by atoms with van der Waals surface area (Å²) in [5.74, 6) is 0.954. The third kappa shape index (κ3) is 1.44. The molecule has 0 fully saturated rings. The van der Waals surface area contributed by atoms with Crippen molar-refractivity contribution in [1.82, 2.24) is 4.98 Å². The molecule has 0 unspecified atom stereocenters. The quantitative estimate of drug-likeness (QED) is 0.678. The summed E-state index contributed by atoms with van der Waals surface area (Å²) in [5.41, 5.74) is 1.81. The van der Waals surface area contributed by atoms with Gasteiger partial charge in [-0.05, 0) is 30.7 Å². The van der Waals surface area contributed by atoms with Gasteiger partial charge < -0.3 is 4.42 Å². The molecule has 3 nitrogen and oxygen atoms in total. The fourth-order valence-electron chi connectivity index (χ4n) is 1.29. The highest BCUT2D eigenvalue weighted by Crippen LogP contribution is 2.22. The van der Waals surface area contributed by atoms with Crippen LogP contribution in [-0.4, -0.2) is 11.3 Å². The van der Waals surface area contributed by atoms with Gasteiger partial charge in [-0.1, -0.05) is 6.07 Å². The van der Waals surface area contributed by atoms with Gasteiger partial charge in [0.15, 0.2) is 17.8 Å². The highest BCUT2D eigenvalue weighted by molar-refractivity contribution is 5.72. The molecule has 0 aliphatic heterocycles. The Bertz CT molecular complexity index is 460. The summed E-state index contributed by atoms with van der Waals surface area (Å²) in [6.45, 7) is 1.95. The van der Waals surface area contributed by atoms with Gasteiger partial charge in [-0.3, -0.25) is 9.78 Å². The Kier molecular flexibility index (Phi) is 2.14. The van der Waals surface area contributed by atoms with Crippen molar-refractivity contribution in [2.75, 3.05) is 0 Å². The minimum absolute atomic E-state index is 0.324. The van der Waals surface area contributed by atoms with E-state index in [-0.39, 0.29) is 0 Å². The van der Waals surface area contributed by atoms with Crippen LogP contribution >= 0.6 is 0 Å². The summed E-state index contributed by atoms with van der Waals surface area (Å²) in [6.07, 6.45) is 2.38. The molecule has 0 radical (unpaired) electrons. The number of furan rings is 1. The molecule has 0 bridgehead atoms. The van der Waals surface area contributed by atoms with Crippen molar-refractivity contribution < 1.29 is 9.21 Å². The Morgan fingerprint density at radius 1 is 1.36 bits per heavy atom. The fraction of sp³-hybridized carbons (Fsp3) is 0.0909. The van der Waals surface area contributed by atoms with Gasteiger partial charge in [0.1, 0.15) is 5.69 Å². The van der Waals surface area contributed by atoms with Crippen molar-refractivity contribution in [2.45, 2.75) is 6.92 Å². The number of pyridine rings is 1. The van der Waals surface area contributed by atoms with E-state index in [9.17, 15) is 4.79 Å². The van der Waals surface area contributed by atoms with Crippen LogP contribution in [0.25, 0.3) is 11.5 Å². The van der Waals surface area contributed by atoms with E-state index in [1.54, 1.807) is 18.3 Å². The lowest BCUT2D eigenvalue weighted by Crippen LogP contribution is -1.84. The molecule has 0 aromatic carbocycles. The number of rotatable bonds is 2. The molecule has 2 aromatic heterocycles. The largest absolute Gasteiger partial charge is 0.452 e. The molecule has 0 spiro atoms. The fourth-order valence-corrected chi connectivity index (χ4v) is 1.29. The van der Waals surface area contributed by atoms with E-state index in [1.807, 2.05) is 19.1 Å². The first-order valence-electron chi connectivity index (χ1n) is 4.28. The third-order valence-corrected chi connectivity index (χ3v) is 1.99. The number of aromatic nitrogens is 1. The second-order valence-corrected chi connectivity index (χ2v) is 2.99.